The topological polar surface area (TPSA) is 9.23 Å². The molecular weight excluding hydrogens is 263 g/mol. The summed E-state index contributed by atoms with van der Waals surface area (Å²) >= 11 is 0.389. The Balaban J connectivity index is 2.11. The van der Waals surface area contributed by atoms with Gasteiger partial charge in [0.1, 0.15) is 0 Å². The van der Waals surface area contributed by atoms with E-state index < -0.39 is 0 Å². The Morgan fingerprint density at radius 2 is 1.31 bits per heavy atom. The predicted octanol–water partition coefficient (Wildman–Crippen LogP) is 1.66. The van der Waals surface area contributed by atoms with Crippen molar-refractivity contribution >= 4 is 23.9 Å². The molecule has 0 aliphatic heterocycles. The van der Waals surface area contributed by atoms with Gasteiger partial charge in [0.25, 0.3) is 0 Å². The van der Waals surface area contributed by atoms with Gasteiger partial charge in [0.15, 0.2) is 0 Å². The molecule has 0 radical (unpaired) electrons. The summed E-state index contributed by atoms with van der Waals surface area (Å²) < 4.78 is 7.92. The van der Waals surface area contributed by atoms with Crippen molar-refractivity contribution in [1.29, 1.82) is 0 Å². The number of ether oxygens (including phenoxy) is 1. The molecule has 0 saturated heterocycles. The Hall–Kier alpha value is -1.24. The molecule has 0 heterocycles. The van der Waals surface area contributed by atoms with Gasteiger partial charge in [0.05, 0.1) is 0 Å². The van der Waals surface area contributed by atoms with Gasteiger partial charge in [-0.1, -0.05) is 0 Å². The van der Waals surface area contributed by atoms with Crippen LogP contribution in [-0.4, -0.2) is 22.1 Å². The molecule has 0 spiro atoms. The number of methoxy groups -OCH3 is 1. The van der Waals surface area contributed by atoms with Gasteiger partial charge in [-0.3, -0.25) is 0 Å². The molecule has 0 unspecified atom stereocenters. The van der Waals surface area contributed by atoms with E-state index in [2.05, 4.69) is 43.3 Å². The molecule has 2 heteroatoms. The summed E-state index contributed by atoms with van der Waals surface area (Å²) in [5.74, 6) is 0.920. The van der Waals surface area contributed by atoms with Crippen LogP contribution in [0.1, 0.15) is 5.56 Å². The Bertz CT molecular complexity index is 445. The molecule has 1 nitrogen and oxygen atoms in total. The molecule has 0 atom stereocenters. The van der Waals surface area contributed by atoms with Gasteiger partial charge in [0, 0.05) is 0 Å². The van der Waals surface area contributed by atoms with Crippen molar-refractivity contribution in [1.82, 2.24) is 0 Å². The van der Waals surface area contributed by atoms with E-state index in [4.69, 9.17) is 4.74 Å². The maximum absolute atomic E-state index is 5.14. The van der Waals surface area contributed by atoms with Gasteiger partial charge in [-0.05, 0) is 0 Å². The Labute approximate surface area is 103 Å². The number of hydrogen-bond acceptors (Lipinski definition) is 1. The summed E-state index contributed by atoms with van der Waals surface area (Å²) in [5, 5.41) is 0. The molecule has 0 saturated carbocycles. The van der Waals surface area contributed by atoms with Crippen LogP contribution in [-0.2, 0) is 0 Å². The van der Waals surface area contributed by atoms with E-state index in [0.29, 0.717) is 15.0 Å². The van der Waals surface area contributed by atoms with Crippen molar-refractivity contribution in [3.05, 3.63) is 54.1 Å². The van der Waals surface area contributed by atoms with Crippen molar-refractivity contribution in [3.63, 3.8) is 0 Å². The van der Waals surface area contributed by atoms with E-state index >= 15 is 0 Å². The van der Waals surface area contributed by atoms with Crippen molar-refractivity contribution in [2.45, 2.75) is 6.92 Å². The standard InChI is InChI=1S/C14H14OSe/c1-11-3-7-13(8-4-11)16-14-9-5-12(15-2)6-10-14/h3-10H,1-2H3. The molecule has 2 rings (SSSR count). The zero-order chi connectivity index (χ0) is 11.4. The van der Waals surface area contributed by atoms with Crippen LogP contribution in [0.4, 0.5) is 0 Å². The quantitative estimate of drug-likeness (QED) is 0.775. The van der Waals surface area contributed by atoms with Crippen LogP contribution in [0.3, 0.4) is 0 Å². The molecular formula is C14H14OSe. The molecule has 0 aliphatic carbocycles. The normalized spacial score (nSPS) is 10.1. The second-order valence-corrected chi connectivity index (χ2v) is 6.00. The summed E-state index contributed by atoms with van der Waals surface area (Å²) in [6.45, 7) is 2.12. The minimum absolute atomic E-state index is 0.389. The van der Waals surface area contributed by atoms with Crippen LogP contribution in [0.15, 0.2) is 48.5 Å². The number of benzene rings is 2. The molecule has 82 valence electrons. The zero-order valence-corrected chi connectivity index (χ0v) is 11.1. The van der Waals surface area contributed by atoms with Crippen molar-refractivity contribution < 1.29 is 4.74 Å². The monoisotopic (exact) mass is 278 g/mol. The first-order chi connectivity index (χ1) is 7.78. The number of hydrogen-bond donors (Lipinski definition) is 0. The Kier molecular flexibility index (Phi) is 3.66. The van der Waals surface area contributed by atoms with Crippen molar-refractivity contribution in [2.24, 2.45) is 0 Å². The van der Waals surface area contributed by atoms with E-state index in [-0.39, 0.29) is 0 Å². The Morgan fingerprint density at radius 3 is 1.81 bits per heavy atom. The molecule has 0 bridgehead atoms. The van der Waals surface area contributed by atoms with Crippen LogP contribution in [0.2, 0.25) is 0 Å². The molecule has 0 N–H and O–H groups in total. The predicted molar refractivity (Wildman–Crippen MR) is 69.2 cm³/mol. The van der Waals surface area contributed by atoms with Crippen LogP contribution >= 0.6 is 0 Å². The first kappa shape index (κ1) is 11.3. The maximum atomic E-state index is 5.14. The van der Waals surface area contributed by atoms with Crippen LogP contribution < -0.4 is 13.7 Å². The van der Waals surface area contributed by atoms with E-state index in [9.17, 15) is 0 Å². The molecule has 0 aliphatic rings. The van der Waals surface area contributed by atoms with Crippen molar-refractivity contribution in [3.8, 4) is 5.75 Å². The summed E-state index contributed by atoms with van der Waals surface area (Å²) in [6, 6.07) is 17.1. The average molecular weight is 277 g/mol. The summed E-state index contributed by atoms with van der Waals surface area (Å²) in [4.78, 5) is 0. The molecule has 0 fully saturated rings. The fraction of sp³-hybridized carbons (Fsp3) is 0.143. The average Bonchev–Trinajstić information content (AvgIpc) is 2.33. The molecule has 0 amide bonds. The van der Waals surface area contributed by atoms with Gasteiger partial charge in [-0.25, -0.2) is 0 Å². The molecule has 16 heavy (non-hydrogen) atoms. The van der Waals surface area contributed by atoms with Crippen LogP contribution in [0, 0.1) is 6.92 Å². The number of rotatable bonds is 3. The minimum atomic E-state index is 0.389. The molecule has 0 aromatic heterocycles. The van der Waals surface area contributed by atoms with Gasteiger partial charge < -0.3 is 0 Å². The zero-order valence-electron chi connectivity index (χ0n) is 9.44. The Morgan fingerprint density at radius 1 is 0.812 bits per heavy atom. The first-order valence-electron chi connectivity index (χ1n) is 5.16. The molecule has 2 aromatic carbocycles. The summed E-state index contributed by atoms with van der Waals surface area (Å²) in [6.07, 6.45) is 0. The second-order valence-electron chi connectivity index (χ2n) is 3.59. The van der Waals surface area contributed by atoms with Crippen LogP contribution in [0.25, 0.3) is 0 Å². The third-order valence-corrected chi connectivity index (χ3v) is 4.45. The van der Waals surface area contributed by atoms with Crippen LogP contribution in [0.5, 0.6) is 5.75 Å². The van der Waals surface area contributed by atoms with E-state index in [0.717, 1.165) is 5.75 Å². The van der Waals surface area contributed by atoms with E-state index in [1.165, 1.54) is 14.5 Å². The fourth-order valence-corrected chi connectivity index (χ4v) is 3.10. The SMILES string of the molecule is COc1ccc([Se]c2ccc(C)cc2)cc1. The van der Waals surface area contributed by atoms with Gasteiger partial charge in [0.2, 0.25) is 0 Å². The fourth-order valence-electron chi connectivity index (χ4n) is 1.39. The number of aryl methyl sites for hydroxylation is 1. The summed E-state index contributed by atoms with van der Waals surface area (Å²) in [5.41, 5.74) is 1.31. The summed E-state index contributed by atoms with van der Waals surface area (Å²) in [7, 11) is 1.69. The van der Waals surface area contributed by atoms with E-state index in [1.807, 2.05) is 12.1 Å². The van der Waals surface area contributed by atoms with E-state index in [1.54, 1.807) is 7.11 Å². The van der Waals surface area contributed by atoms with Gasteiger partial charge >= 0.3 is 102 Å². The van der Waals surface area contributed by atoms with Gasteiger partial charge in [-0.15, -0.1) is 0 Å². The van der Waals surface area contributed by atoms with Crippen molar-refractivity contribution in [2.75, 3.05) is 7.11 Å². The molecule has 2 aromatic rings. The third-order valence-electron chi connectivity index (χ3n) is 2.32. The third kappa shape index (κ3) is 2.88. The first-order valence-corrected chi connectivity index (χ1v) is 6.88. The van der Waals surface area contributed by atoms with Gasteiger partial charge in [-0.2, -0.15) is 0 Å². The second kappa shape index (κ2) is 5.20.